The van der Waals surface area contributed by atoms with Crippen LogP contribution in [0.4, 0.5) is 17.1 Å². The predicted molar refractivity (Wildman–Crippen MR) is 82.1 cm³/mol. The van der Waals surface area contributed by atoms with Gasteiger partial charge in [0.1, 0.15) is 5.75 Å². The van der Waals surface area contributed by atoms with Crippen LogP contribution in [0.2, 0.25) is 0 Å². The van der Waals surface area contributed by atoms with Gasteiger partial charge in [-0.25, -0.2) is 0 Å². The Morgan fingerprint density at radius 1 is 1.35 bits per heavy atom. The first-order chi connectivity index (χ1) is 9.45. The summed E-state index contributed by atoms with van der Waals surface area (Å²) < 4.78 is 5.34. The molecular formula is C15H23N3O2. The van der Waals surface area contributed by atoms with Crippen molar-refractivity contribution in [1.82, 2.24) is 0 Å². The van der Waals surface area contributed by atoms with E-state index in [-0.39, 0.29) is 12.5 Å². The summed E-state index contributed by atoms with van der Waals surface area (Å²) in [5.74, 6) is 1.18. The summed E-state index contributed by atoms with van der Waals surface area (Å²) in [5, 5.41) is 6.19. The highest BCUT2D eigenvalue weighted by Gasteiger charge is 2.18. The molecule has 0 aromatic heterocycles. The molecule has 0 fully saturated rings. The highest BCUT2D eigenvalue weighted by Crippen LogP contribution is 2.35. The van der Waals surface area contributed by atoms with Crippen LogP contribution in [0.1, 0.15) is 33.6 Å². The van der Waals surface area contributed by atoms with E-state index in [1.807, 2.05) is 6.07 Å². The number of benzene rings is 1. The molecule has 4 N–H and O–H groups in total. The number of fused-ring (bicyclic) bond motifs is 1. The number of anilines is 3. The molecule has 0 spiro atoms. The Kier molecular flexibility index (Phi) is 4.37. The fourth-order valence-electron chi connectivity index (χ4n) is 2.19. The average Bonchev–Trinajstić information content (AvgIpc) is 2.38. The number of nitrogens with two attached hydrogens (primary N) is 1. The number of hydrogen-bond acceptors (Lipinski definition) is 4. The van der Waals surface area contributed by atoms with E-state index in [9.17, 15) is 4.79 Å². The van der Waals surface area contributed by atoms with Crippen molar-refractivity contribution in [3.8, 4) is 5.75 Å². The lowest BCUT2D eigenvalue weighted by molar-refractivity contribution is -0.118. The third-order valence-electron chi connectivity index (χ3n) is 3.36. The van der Waals surface area contributed by atoms with Gasteiger partial charge in [0.25, 0.3) is 5.91 Å². The van der Waals surface area contributed by atoms with Gasteiger partial charge in [-0.2, -0.15) is 0 Å². The van der Waals surface area contributed by atoms with E-state index in [1.54, 1.807) is 6.07 Å². The monoisotopic (exact) mass is 277 g/mol. The molecule has 5 nitrogen and oxygen atoms in total. The number of rotatable bonds is 5. The van der Waals surface area contributed by atoms with E-state index in [1.165, 1.54) is 6.42 Å². The van der Waals surface area contributed by atoms with Crippen LogP contribution in [-0.4, -0.2) is 18.6 Å². The number of carbonyl (C=O) groups is 1. The van der Waals surface area contributed by atoms with Crippen molar-refractivity contribution in [3.05, 3.63) is 12.1 Å². The van der Waals surface area contributed by atoms with Crippen LogP contribution in [0.3, 0.4) is 0 Å². The van der Waals surface area contributed by atoms with Gasteiger partial charge >= 0.3 is 0 Å². The molecule has 1 unspecified atom stereocenters. The van der Waals surface area contributed by atoms with E-state index in [0.29, 0.717) is 29.1 Å². The quantitative estimate of drug-likeness (QED) is 0.723. The second-order valence-electron chi connectivity index (χ2n) is 5.79. The molecule has 0 saturated carbocycles. The van der Waals surface area contributed by atoms with Crippen LogP contribution < -0.4 is 21.1 Å². The van der Waals surface area contributed by atoms with Crippen molar-refractivity contribution in [2.24, 2.45) is 5.92 Å². The molecule has 1 heterocycles. The maximum atomic E-state index is 11.3. The molecule has 1 atom stereocenters. The molecular weight excluding hydrogens is 254 g/mol. The number of carbonyl (C=O) groups excluding carboxylic acids is 1. The van der Waals surface area contributed by atoms with Crippen LogP contribution in [0, 0.1) is 5.92 Å². The molecule has 1 aromatic carbocycles. The van der Waals surface area contributed by atoms with E-state index >= 15 is 0 Å². The predicted octanol–water partition coefficient (Wildman–Crippen LogP) is 2.84. The summed E-state index contributed by atoms with van der Waals surface area (Å²) in [6.07, 6.45) is 2.25. The van der Waals surface area contributed by atoms with Gasteiger partial charge in [-0.3, -0.25) is 4.79 Å². The molecule has 1 aliphatic rings. The van der Waals surface area contributed by atoms with Crippen LogP contribution in [0.5, 0.6) is 5.75 Å². The third-order valence-corrected chi connectivity index (χ3v) is 3.36. The van der Waals surface area contributed by atoms with Crippen molar-refractivity contribution < 1.29 is 9.53 Å². The van der Waals surface area contributed by atoms with Gasteiger partial charge in [0.15, 0.2) is 6.61 Å². The van der Waals surface area contributed by atoms with Crippen molar-refractivity contribution in [2.45, 2.75) is 39.7 Å². The summed E-state index contributed by atoms with van der Waals surface area (Å²) in [6, 6.07) is 3.93. The average molecular weight is 277 g/mol. The Morgan fingerprint density at radius 3 is 2.80 bits per heavy atom. The first-order valence-corrected chi connectivity index (χ1v) is 7.08. The number of ether oxygens (including phenoxy) is 1. The summed E-state index contributed by atoms with van der Waals surface area (Å²) in [5.41, 5.74) is 8.18. The summed E-state index contributed by atoms with van der Waals surface area (Å²) >= 11 is 0. The number of hydrogen-bond donors (Lipinski definition) is 3. The fraction of sp³-hybridized carbons (Fsp3) is 0.533. The van der Waals surface area contributed by atoms with Gasteiger partial charge in [-0.1, -0.05) is 13.8 Å². The Bertz CT molecular complexity index is 500. The molecule has 1 aliphatic heterocycles. The molecule has 5 heteroatoms. The number of nitrogens with one attached hydrogen (secondary N) is 2. The first kappa shape index (κ1) is 14.5. The van der Waals surface area contributed by atoms with Crippen molar-refractivity contribution in [1.29, 1.82) is 0 Å². The minimum Gasteiger partial charge on any atom is -0.482 e. The summed E-state index contributed by atoms with van der Waals surface area (Å²) in [4.78, 5) is 11.3. The fourth-order valence-corrected chi connectivity index (χ4v) is 2.19. The van der Waals surface area contributed by atoms with Gasteiger partial charge < -0.3 is 21.1 Å². The lowest BCUT2D eigenvalue weighted by Crippen LogP contribution is -2.26. The van der Waals surface area contributed by atoms with E-state index in [0.717, 1.165) is 12.1 Å². The van der Waals surface area contributed by atoms with Crippen molar-refractivity contribution in [2.75, 3.05) is 23.0 Å². The van der Waals surface area contributed by atoms with Crippen LogP contribution in [-0.2, 0) is 4.79 Å². The standard InChI is InChI=1S/C15H23N3O2/c1-9(2)4-5-10(3)17-12-7-13-14(6-11(12)16)20-8-15(19)18-13/h6-7,9-10,17H,4-5,8,16H2,1-3H3,(H,18,19). The second-order valence-corrected chi connectivity index (χ2v) is 5.79. The molecule has 0 aliphatic carbocycles. The minimum atomic E-state index is -0.138. The topological polar surface area (TPSA) is 76.4 Å². The second kappa shape index (κ2) is 6.03. The van der Waals surface area contributed by atoms with Gasteiger partial charge in [0.05, 0.1) is 17.1 Å². The highest BCUT2D eigenvalue weighted by atomic mass is 16.5. The molecule has 20 heavy (non-hydrogen) atoms. The van der Waals surface area contributed by atoms with Crippen LogP contribution in [0.25, 0.3) is 0 Å². The molecule has 1 amide bonds. The minimum absolute atomic E-state index is 0.0456. The Morgan fingerprint density at radius 2 is 2.10 bits per heavy atom. The van der Waals surface area contributed by atoms with Gasteiger partial charge in [-0.15, -0.1) is 0 Å². The molecule has 2 rings (SSSR count). The highest BCUT2D eigenvalue weighted by molar-refractivity contribution is 5.97. The lowest BCUT2D eigenvalue weighted by atomic mass is 10.0. The SMILES string of the molecule is CC(C)CCC(C)Nc1cc2c(cc1N)OCC(=O)N2. The third kappa shape index (κ3) is 3.56. The number of nitrogen functional groups attached to an aromatic ring is 1. The van der Waals surface area contributed by atoms with E-state index in [4.69, 9.17) is 10.5 Å². The first-order valence-electron chi connectivity index (χ1n) is 7.08. The molecule has 110 valence electrons. The zero-order valence-corrected chi connectivity index (χ0v) is 12.3. The molecule has 0 radical (unpaired) electrons. The normalized spacial score (nSPS) is 15.3. The molecule has 1 aromatic rings. The summed E-state index contributed by atoms with van der Waals surface area (Å²) in [7, 11) is 0. The molecule has 0 saturated heterocycles. The van der Waals surface area contributed by atoms with E-state index < -0.39 is 0 Å². The summed E-state index contributed by atoms with van der Waals surface area (Å²) in [6.45, 7) is 6.61. The van der Waals surface area contributed by atoms with Gasteiger partial charge in [0.2, 0.25) is 0 Å². The smallest absolute Gasteiger partial charge is 0.262 e. The largest absolute Gasteiger partial charge is 0.482 e. The van der Waals surface area contributed by atoms with E-state index in [2.05, 4.69) is 31.4 Å². The van der Waals surface area contributed by atoms with Crippen LogP contribution in [0.15, 0.2) is 12.1 Å². The van der Waals surface area contributed by atoms with Crippen LogP contribution >= 0.6 is 0 Å². The molecule has 0 bridgehead atoms. The maximum absolute atomic E-state index is 11.3. The number of amides is 1. The van der Waals surface area contributed by atoms with Crippen molar-refractivity contribution >= 4 is 23.0 Å². The van der Waals surface area contributed by atoms with Crippen molar-refractivity contribution in [3.63, 3.8) is 0 Å². The zero-order chi connectivity index (χ0) is 14.7. The Hall–Kier alpha value is -1.91. The lowest BCUT2D eigenvalue weighted by Gasteiger charge is -2.22. The van der Waals surface area contributed by atoms with Gasteiger partial charge in [-0.05, 0) is 31.7 Å². The van der Waals surface area contributed by atoms with Gasteiger partial charge in [0, 0.05) is 12.1 Å². The Labute approximate surface area is 119 Å². The maximum Gasteiger partial charge on any atom is 0.262 e. The zero-order valence-electron chi connectivity index (χ0n) is 12.3. The Balaban J connectivity index is 2.08.